The van der Waals surface area contributed by atoms with Crippen LogP contribution in [0.2, 0.25) is 5.02 Å². The highest BCUT2D eigenvalue weighted by Gasteiger charge is 2.38. The molecule has 0 aliphatic carbocycles. The molecule has 1 amide bonds. The molecule has 0 spiro atoms. The fraction of sp³-hybridized carbons (Fsp3) is 0.462. The molecule has 1 aromatic rings. The van der Waals surface area contributed by atoms with E-state index in [9.17, 15) is 4.79 Å². The molecule has 1 heterocycles. The van der Waals surface area contributed by atoms with E-state index in [0.717, 1.165) is 5.56 Å². The van der Waals surface area contributed by atoms with Gasteiger partial charge in [-0.1, -0.05) is 31.5 Å². The molecule has 98 valence electrons. The minimum absolute atomic E-state index is 0.120. The van der Waals surface area contributed by atoms with Crippen molar-refractivity contribution < 1.29 is 14.3 Å². The molecule has 1 atom stereocenters. The Kier molecular flexibility index (Phi) is 3.39. The molecule has 0 unspecified atom stereocenters. The van der Waals surface area contributed by atoms with Crippen molar-refractivity contribution in [3.05, 3.63) is 28.8 Å². The smallest absolute Gasteiger partial charge is 0.407 e. The zero-order valence-corrected chi connectivity index (χ0v) is 11.4. The summed E-state index contributed by atoms with van der Waals surface area (Å²) in [7, 11) is 1.57. The minimum atomic E-state index is -0.395. The highest BCUT2D eigenvalue weighted by molar-refractivity contribution is 6.32. The van der Waals surface area contributed by atoms with E-state index in [1.54, 1.807) is 13.2 Å². The second kappa shape index (κ2) is 4.69. The van der Waals surface area contributed by atoms with E-state index in [0.29, 0.717) is 17.4 Å². The van der Waals surface area contributed by atoms with Gasteiger partial charge in [0, 0.05) is 5.41 Å². The van der Waals surface area contributed by atoms with Crippen LogP contribution in [0.3, 0.4) is 0 Å². The molecular formula is C13H16ClNO3. The van der Waals surface area contributed by atoms with Crippen molar-refractivity contribution in [1.29, 1.82) is 0 Å². The van der Waals surface area contributed by atoms with E-state index in [-0.39, 0.29) is 11.5 Å². The summed E-state index contributed by atoms with van der Waals surface area (Å²) in [4.78, 5) is 11.4. The van der Waals surface area contributed by atoms with Gasteiger partial charge in [-0.3, -0.25) is 0 Å². The standard InChI is InChI=1S/C13H16ClNO3/c1-13(2)7-18-12(16)15-11(13)8-4-5-9(14)10(6-8)17-3/h4-6,11H,7H2,1-3H3,(H,15,16)/t11-/m1/s1. The summed E-state index contributed by atoms with van der Waals surface area (Å²) < 4.78 is 10.2. The molecule has 0 bridgehead atoms. The summed E-state index contributed by atoms with van der Waals surface area (Å²) in [6.45, 7) is 4.46. The monoisotopic (exact) mass is 269 g/mol. The molecule has 1 aliphatic rings. The van der Waals surface area contributed by atoms with E-state index in [1.165, 1.54) is 0 Å². The highest BCUT2D eigenvalue weighted by atomic mass is 35.5. The molecule has 18 heavy (non-hydrogen) atoms. The van der Waals surface area contributed by atoms with Crippen molar-refractivity contribution in [1.82, 2.24) is 5.32 Å². The van der Waals surface area contributed by atoms with Crippen LogP contribution in [0, 0.1) is 5.41 Å². The van der Waals surface area contributed by atoms with Crippen molar-refractivity contribution in [2.75, 3.05) is 13.7 Å². The maximum atomic E-state index is 11.4. The average molecular weight is 270 g/mol. The largest absolute Gasteiger partial charge is 0.495 e. The Morgan fingerprint density at radius 3 is 2.89 bits per heavy atom. The van der Waals surface area contributed by atoms with Crippen molar-refractivity contribution >= 4 is 17.7 Å². The van der Waals surface area contributed by atoms with Gasteiger partial charge in [-0.25, -0.2) is 4.79 Å². The van der Waals surface area contributed by atoms with Crippen LogP contribution >= 0.6 is 11.6 Å². The summed E-state index contributed by atoms with van der Waals surface area (Å²) in [5.74, 6) is 0.603. The molecular weight excluding hydrogens is 254 g/mol. The summed E-state index contributed by atoms with van der Waals surface area (Å²) in [6.07, 6.45) is -0.395. The lowest BCUT2D eigenvalue weighted by molar-refractivity contribution is 0.0387. The second-order valence-corrected chi connectivity index (χ2v) is 5.44. The third kappa shape index (κ3) is 2.38. The van der Waals surface area contributed by atoms with Crippen molar-refractivity contribution in [3.8, 4) is 5.75 Å². The number of hydrogen-bond donors (Lipinski definition) is 1. The van der Waals surface area contributed by atoms with E-state index in [4.69, 9.17) is 21.1 Å². The van der Waals surface area contributed by atoms with Gasteiger partial charge in [-0.05, 0) is 17.7 Å². The fourth-order valence-electron chi connectivity index (χ4n) is 2.08. The van der Waals surface area contributed by atoms with E-state index < -0.39 is 6.09 Å². The number of amides is 1. The number of hydrogen-bond acceptors (Lipinski definition) is 3. The zero-order valence-electron chi connectivity index (χ0n) is 10.6. The summed E-state index contributed by atoms with van der Waals surface area (Å²) >= 11 is 6.00. The number of benzene rings is 1. The molecule has 1 N–H and O–H groups in total. The van der Waals surface area contributed by atoms with Crippen LogP contribution in [0.25, 0.3) is 0 Å². The van der Waals surface area contributed by atoms with Gasteiger partial charge in [0.05, 0.1) is 18.2 Å². The first-order valence-electron chi connectivity index (χ1n) is 5.71. The van der Waals surface area contributed by atoms with Crippen LogP contribution in [0.5, 0.6) is 5.75 Å². The predicted molar refractivity (Wildman–Crippen MR) is 69.0 cm³/mol. The fourth-order valence-corrected chi connectivity index (χ4v) is 2.27. The summed E-state index contributed by atoms with van der Waals surface area (Å²) in [6, 6.07) is 5.39. The van der Waals surface area contributed by atoms with Crippen LogP contribution < -0.4 is 10.1 Å². The number of nitrogens with one attached hydrogen (secondary N) is 1. The van der Waals surface area contributed by atoms with Crippen LogP contribution in [0.4, 0.5) is 4.79 Å². The van der Waals surface area contributed by atoms with Gasteiger partial charge in [0.2, 0.25) is 0 Å². The first-order chi connectivity index (χ1) is 8.44. The predicted octanol–water partition coefficient (Wildman–Crippen LogP) is 3.16. The molecule has 0 radical (unpaired) electrons. The molecule has 5 heteroatoms. The van der Waals surface area contributed by atoms with E-state index in [2.05, 4.69) is 5.32 Å². The van der Waals surface area contributed by atoms with Crippen LogP contribution in [0.1, 0.15) is 25.5 Å². The number of carbonyl (C=O) groups excluding carboxylic acids is 1. The Bertz CT molecular complexity index is 473. The van der Waals surface area contributed by atoms with Gasteiger partial charge in [0.25, 0.3) is 0 Å². The van der Waals surface area contributed by atoms with Crippen LogP contribution in [-0.4, -0.2) is 19.8 Å². The summed E-state index contributed by atoms with van der Waals surface area (Å²) in [5.41, 5.74) is 0.769. The summed E-state index contributed by atoms with van der Waals surface area (Å²) in [5, 5.41) is 3.39. The van der Waals surface area contributed by atoms with Gasteiger partial charge >= 0.3 is 6.09 Å². The maximum absolute atomic E-state index is 11.4. The average Bonchev–Trinajstić information content (AvgIpc) is 2.33. The zero-order chi connectivity index (χ0) is 13.3. The molecule has 1 aromatic carbocycles. The van der Waals surface area contributed by atoms with Crippen molar-refractivity contribution in [2.45, 2.75) is 19.9 Å². The number of methoxy groups -OCH3 is 1. The SMILES string of the molecule is COc1cc([C@H]2NC(=O)OCC2(C)C)ccc1Cl. The molecule has 1 fully saturated rings. The lowest BCUT2D eigenvalue weighted by Crippen LogP contribution is -2.46. The van der Waals surface area contributed by atoms with E-state index in [1.807, 2.05) is 26.0 Å². The number of ether oxygens (including phenoxy) is 2. The Morgan fingerprint density at radius 1 is 1.50 bits per heavy atom. The highest BCUT2D eigenvalue weighted by Crippen LogP contribution is 2.38. The number of cyclic esters (lactones) is 1. The number of alkyl carbamates (subject to hydrolysis) is 1. The van der Waals surface area contributed by atoms with Gasteiger partial charge in [-0.15, -0.1) is 0 Å². The minimum Gasteiger partial charge on any atom is -0.495 e. The Morgan fingerprint density at radius 2 is 2.22 bits per heavy atom. The molecule has 4 nitrogen and oxygen atoms in total. The first kappa shape index (κ1) is 13.0. The van der Waals surface area contributed by atoms with E-state index >= 15 is 0 Å². The molecule has 1 aliphatic heterocycles. The molecule has 0 saturated carbocycles. The third-order valence-corrected chi connectivity index (χ3v) is 3.44. The van der Waals surface area contributed by atoms with Gasteiger partial charge in [0.1, 0.15) is 12.4 Å². The normalized spacial score (nSPS) is 22.0. The van der Waals surface area contributed by atoms with Crippen molar-refractivity contribution in [3.63, 3.8) is 0 Å². The van der Waals surface area contributed by atoms with Gasteiger partial charge in [0.15, 0.2) is 0 Å². The third-order valence-electron chi connectivity index (χ3n) is 3.13. The maximum Gasteiger partial charge on any atom is 0.407 e. The second-order valence-electron chi connectivity index (χ2n) is 5.04. The van der Waals surface area contributed by atoms with Crippen LogP contribution in [0.15, 0.2) is 18.2 Å². The van der Waals surface area contributed by atoms with Crippen molar-refractivity contribution in [2.24, 2.45) is 5.41 Å². The lowest BCUT2D eigenvalue weighted by Gasteiger charge is -2.38. The topological polar surface area (TPSA) is 47.6 Å². The Balaban J connectivity index is 2.37. The molecule has 1 saturated heterocycles. The Hall–Kier alpha value is -1.42. The molecule has 2 rings (SSSR count). The number of carbonyl (C=O) groups is 1. The first-order valence-corrected chi connectivity index (χ1v) is 6.08. The van der Waals surface area contributed by atoms with Gasteiger partial charge < -0.3 is 14.8 Å². The quantitative estimate of drug-likeness (QED) is 0.897. The molecule has 0 aromatic heterocycles. The van der Waals surface area contributed by atoms with Crippen LogP contribution in [-0.2, 0) is 4.74 Å². The number of rotatable bonds is 2. The Labute approximate surface area is 111 Å². The number of halogens is 1. The lowest BCUT2D eigenvalue weighted by atomic mass is 9.80. The van der Waals surface area contributed by atoms with Gasteiger partial charge in [-0.2, -0.15) is 0 Å².